The lowest BCUT2D eigenvalue weighted by Gasteiger charge is -2.25. The van der Waals surface area contributed by atoms with E-state index in [0.29, 0.717) is 0 Å². The highest BCUT2D eigenvalue weighted by atomic mass is 14.2. The third kappa shape index (κ3) is 52.0. The molecule has 0 amide bonds. The normalized spacial score (nSPS) is 19.0. The van der Waals surface area contributed by atoms with Crippen molar-refractivity contribution in [1.29, 1.82) is 0 Å². The quantitative estimate of drug-likeness (QED) is 0.205. The summed E-state index contributed by atoms with van der Waals surface area (Å²) in [5.74, 6) is 4.12. The summed E-state index contributed by atoms with van der Waals surface area (Å²) in [4.78, 5) is 0. The molecule has 0 aliphatic heterocycles. The number of rotatable bonds is 11. The van der Waals surface area contributed by atoms with Gasteiger partial charge in [-0.05, 0) is 43.9 Å². The Morgan fingerprint density at radius 2 is 0.750 bits per heavy atom. The highest BCUT2D eigenvalue weighted by Crippen LogP contribution is 2.30. The molecule has 1 aromatic carbocycles. The highest BCUT2D eigenvalue weighted by molar-refractivity contribution is 5.19. The van der Waals surface area contributed by atoms with Crippen LogP contribution in [0.5, 0.6) is 0 Å². The zero-order valence-electron chi connectivity index (χ0n) is 35.9. The monoisotopic (exact) mass is 677 g/mol. The molecule has 2 fully saturated rings. The van der Waals surface area contributed by atoms with E-state index in [-0.39, 0.29) is 7.43 Å². The van der Waals surface area contributed by atoms with Crippen molar-refractivity contribution in [2.24, 2.45) is 23.7 Å². The summed E-state index contributed by atoms with van der Waals surface area (Å²) in [6.07, 6.45) is 32.5. The Morgan fingerprint density at radius 1 is 0.417 bits per heavy atom. The number of hydrogen-bond acceptors (Lipinski definition) is 0. The van der Waals surface area contributed by atoms with Crippen molar-refractivity contribution in [1.82, 2.24) is 0 Å². The van der Waals surface area contributed by atoms with Crippen molar-refractivity contribution in [3.05, 3.63) is 35.4 Å². The minimum atomic E-state index is 0. The Labute approximate surface area is 310 Å². The second kappa shape index (κ2) is 48.3. The first-order valence-electron chi connectivity index (χ1n) is 21.6. The molecular weight excluding hydrogens is 577 g/mol. The molecule has 2 aliphatic carbocycles. The number of unbranched alkanes of at least 4 members (excludes halogenated alkanes) is 10. The first-order valence-corrected chi connectivity index (χ1v) is 21.6. The van der Waals surface area contributed by atoms with Crippen molar-refractivity contribution >= 4 is 0 Å². The summed E-state index contributed by atoms with van der Waals surface area (Å²) >= 11 is 0. The first-order chi connectivity index (χ1) is 22.6. The van der Waals surface area contributed by atoms with Gasteiger partial charge in [0.25, 0.3) is 0 Å². The van der Waals surface area contributed by atoms with Crippen LogP contribution in [-0.2, 0) is 0 Å². The van der Waals surface area contributed by atoms with Gasteiger partial charge in [-0.25, -0.2) is 0 Å². The van der Waals surface area contributed by atoms with E-state index < -0.39 is 0 Å². The summed E-state index contributed by atoms with van der Waals surface area (Å²) in [5, 5.41) is 0. The molecule has 0 heterocycles. The Balaban J connectivity index is -0.000000152. The van der Waals surface area contributed by atoms with E-state index in [4.69, 9.17) is 0 Å². The molecule has 0 N–H and O–H groups in total. The molecule has 0 spiro atoms. The maximum Gasteiger partial charge on any atom is -0.0398 e. The molecule has 1 aromatic rings. The highest BCUT2D eigenvalue weighted by Gasteiger charge is 2.16. The lowest BCUT2D eigenvalue weighted by Crippen LogP contribution is -2.11. The minimum Gasteiger partial charge on any atom is -0.0776 e. The van der Waals surface area contributed by atoms with Gasteiger partial charge >= 0.3 is 0 Å². The number of benzene rings is 1. The van der Waals surface area contributed by atoms with E-state index in [1.54, 1.807) is 0 Å². The number of aryl methyl sites for hydroxylation is 2. The zero-order chi connectivity index (χ0) is 36.6. The van der Waals surface area contributed by atoms with E-state index in [0.717, 1.165) is 23.7 Å². The molecule has 48 heavy (non-hydrogen) atoms. The van der Waals surface area contributed by atoms with E-state index in [1.807, 2.05) is 0 Å². The van der Waals surface area contributed by atoms with Crippen LogP contribution in [-0.4, -0.2) is 0 Å². The molecule has 2 aliphatic rings. The van der Waals surface area contributed by atoms with Crippen molar-refractivity contribution in [3.63, 3.8) is 0 Å². The third-order valence-electron chi connectivity index (χ3n) is 9.52. The van der Waals surface area contributed by atoms with Crippen LogP contribution in [0.15, 0.2) is 24.3 Å². The van der Waals surface area contributed by atoms with Crippen LogP contribution in [0.25, 0.3) is 0 Å². The maximum absolute atomic E-state index is 2.39. The van der Waals surface area contributed by atoms with Crippen LogP contribution in [0.2, 0.25) is 0 Å². The van der Waals surface area contributed by atoms with Crippen molar-refractivity contribution in [2.45, 2.75) is 252 Å². The van der Waals surface area contributed by atoms with Crippen LogP contribution in [0.3, 0.4) is 0 Å². The zero-order valence-corrected chi connectivity index (χ0v) is 35.9. The van der Waals surface area contributed by atoms with Gasteiger partial charge in [-0.15, -0.1) is 0 Å². The van der Waals surface area contributed by atoms with E-state index >= 15 is 0 Å². The molecule has 0 aromatic heterocycles. The number of hydrogen-bond donors (Lipinski definition) is 0. The Kier molecular flexibility index (Phi) is 57.0. The Hall–Kier alpha value is -0.780. The minimum absolute atomic E-state index is 0. The molecule has 0 heteroatoms. The van der Waals surface area contributed by atoms with Crippen LogP contribution in [0, 0.1) is 37.5 Å². The van der Waals surface area contributed by atoms with E-state index in [1.165, 1.54) is 159 Å². The second-order valence-electron chi connectivity index (χ2n) is 15.2. The van der Waals surface area contributed by atoms with Gasteiger partial charge in [0.05, 0.1) is 0 Å². The summed E-state index contributed by atoms with van der Waals surface area (Å²) in [6.45, 7) is 31.4. The molecule has 2 atom stereocenters. The van der Waals surface area contributed by atoms with Gasteiger partial charge in [0.2, 0.25) is 0 Å². The average molecular weight is 677 g/mol. The van der Waals surface area contributed by atoms with Gasteiger partial charge in [0.1, 0.15) is 0 Å². The van der Waals surface area contributed by atoms with E-state index in [2.05, 4.69) is 121 Å². The summed E-state index contributed by atoms with van der Waals surface area (Å²) in [6, 6.07) is 8.48. The standard InChI is InChI=1S/C9H18.C8H16.C8H10.C7H16.C6H14.C5H12.C4H10.CH4/c1-3-9-6-4-5-8(2)7-9;2*1-7-3-5-8(2)6-4-7;1-3-5-7-6-4-2;1-3-5-6-4-2;1-3-5-4-2;1-3-4-2;/h8-9H,3-7H2,1-2H3;7-8H,3-6H2,1-2H3;3-6H,1-2H3;3-7H2,1-2H3;3-6H2,1-2H3;3-5H2,1-2H3;3-4H2,1-2H3;1H4/t8-,9?;;;;;;;/m0......./s1. The van der Waals surface area contributed by atoms with Crippen LogP contribution in [0.1, 0.15) is 249 Å². The lowest BCUT2D eigenvalue weighted by molar-refractivity contribution is 0.276. The molecule has 0 bridgehead atoms. The molecular formula is C48H100. The van der Waals surface area contributed by atoms with Crippen molar-refractivity contribution < 1.29 is 0 Å². The summed E-state index contributed by atoms with van der Waals surface area (Å²) in [5.41, 5.74) is 2.66. The lowest BCUT2D eigenvalue weighted by atomic mass is 9.81. The topological polar surface area (TPSA) is 0 Å². The largest absolute Gasteiger partial charge is 0.0776 e. The molecule has 2 saturated carbocycles. The molecule has 0 saturated heterocycles. The van der Waals surface area contributed by atoms with Gasteiger partial charge < -0.3 is 0 Å². The fourth-order valence-electron chi connectivity index (χ4n) is 5.52. The fraction of sp³-hybridized carbons (Fsp3) is 0.875. The van der Waals surface area contributed by atoms with Crippen LogP contribution >= 0.6 is 0 Å². The fourth-order valence-corrected chi connectivity index (χ4v) is 5.52. The van der Waals surface area contributed by atoms with Gasteiger partial charge in [-0.2, -0.15) is 0 Å². The predicted octanol–water partition coefficient (Wildman–Crippen LogP) is 18.6. The summed E-state index contributed by atoms with van der Waals surface area (Å²) < 4.78 is 0. The van der Waals surface area contributed by atoms with Gasteiger partial charge in [0.15, 0.2) is 0 Å². The summed E-state index contributed by atoms with van der Waals surface area (Å²) in [7, 11) is 0. The molecule has 0 nitrogen and oxygen atoms in total. The molecule has 0 radical (unpaired) electrons. The van der Waals surface area contributed by atoms with Crippen molar-refractivity contribution in [3.8, 4) is 0 Å². The van der Waals surface area contributed by atoms with Crippen LogP contribution in [0.4, 0.5) is 0 Å². The third-order valence-corrected chi connectivity index (χ3v) is 9.52. The van der Waals surface area contributed by atoms with E-state index in [9.17, 15) is 0 Å². The Bertz CT molecular complexity index is 577. The Morgan fingerprint density at radius 3 is 0.979 bits per heavy atom. The van der Waals surface area contributed by atoms with Gasteiger partial charge in [-0.1, -0.05) is 267 Å². The smallest absolute Gasteiger partial charge is 0.0398 e. The SMILES string of the molecule is C.CC1CCC(C)CC1.CCC1CCC[C@H](C)C1.CCCC.CCCCC.CCCCCC.CCCCCCC.Cc1ccc(C)cc1. The molecule has 3 rings (SSSR count). The maximum atomic E-state index is 2.39. The van der Waals surface area contributed by atoms with Crippen molar-refractivity contribution in [2.75, 3.05) is 0 Å². The van der Waals surface area contributed by atoms with Gasteiger partial charge in [0, 0.05) is 0 Å². The molecule has 292 valence electrons. The average Bonchev–Trinajstić information content (AvgIpc) is 3.08. The van der Waals surface area contributed by atoms with Gasteiger partial charge in [-0.3, -0.25) is 0 Å². The first kappa shape index (κ1) is 56.6. The predicted molar refractivity (Wildman–Crippen MR) is 231 cm³/mol. The van der Waals surface area contributed by atoms with Crippen LogP contribution < -0.4 is 0 Å². The second-order valence-corrected chi connectivity index (χ2v) is 15.2. The molecule has 1 unspecified atom stereocenters.